The molecule has 3 nitrogen and oxygen atoms in total. The van der Waals surface area contributed by atoms with Crippen LogP contribution in [-0.2, 0) is 4.79 Å². The Morgan fingerprint density at radius 1 is 1.14 bits per heavy atom. The van der Waals surface area contributed by atoms with Crippen LogP contribution in [0.5, 0.6) is 0 Å². The van der Waals surface area contributed by atoms with Crippen molar-refractivity contribution in [2.24, 2.45) is 0 Å². The van der Waals surface area contributed by atoms with E-state index in [4.69, 9.17) is 0 Å². The first kappa shape index (κ1) is 16.5. The van der Waals surface area contributed by atoms with Crippen molar-refractivity contribution in [1.29, 1.82) is 0 Å². The van der Waals surface area contributed by atoms with Crippen LogP contribution in [0.2, 0.25) is 0 Å². The Morgan fingerprint density at radius 3 is 2.33 bits per heavy atom. The maximum atomic E-state index is 12.2. The van der Waals surface area contributed by atoms with Crippen LogP contribution in [0.4, 0.5) is 0 Å². The van der Waals surface area contributed by atoms with Gasteiger partial charge < -0.3 is 10.2 Å². The van der Waals surface area contributed by atoms with E-state index in [1.54, 1.807) is 0 Å². The van der Waals surface area contributed by atoms with Crippen LogP contribution in [0, 0.1) is 0 Å². The fourth-order valence-electron chi connectivity index (χ4n) is 2.94. The number of hydrogen-bond donors (Lipinski definition) is 2. The lowest BCUT2D eigenvalue weighted by atomic mass is 10.1. The predicted octanol–water partition coefficient (Wildman–Crippen LogP) is 2.48. The number of carbonyl (C=O) groups is 1. The first-order chi connectivity index (χ1) is 10.1. The number of rotatable bonds is 4. The van der Waals surface area contributed by atoms with Crippen molar-refractivity contribution < 1.29 is 9.69 Å². The van der Waals surface area contributed by atoms with E-state index in [9.17, 15) is 4.79 Å². The number of benzene rings is 1. The van der Waals surface area contributed by atoms with Crippen molar-refractivity contribution in [3.8, 4) is 0 Å². The topological polar surface area (TPSA) is 33.5 Å². The Labute approximate surface area is 136 Å². The van der Waals surface area contributed by atoms with E-state index in [1.165, 1.54) is 37.0 Å². The predicted molar refractivity (Wildman–Crippen MR) is 89.3 cm³/mol. The number of likely N-dealkylation sites (tertiary alicyclic amines) is 1. The fraction of sp³-hybridized carbons (Fsp3) is 0.588. The van der Waals surface area contributed by atoms with Crippen molar-refractivity contribution in [2.45, 2.75) is 45.1 Å². The summed E-state index contributed by atoms with van der Waals surface area (Å²) in [5, 5.41) is 3.12. The zero-order valence-corrected chi connectivity index (χ0v) is 14.4. The van der Waals surface area contributed by atoms with Crippen LogP contribution in [0.15, 0.2) is 28.7 Å². The molecule has 1 heterocycles. The third-order valence-electron chi connectivity index (χ3n) is 4.22. The SMILES string of the molecule is C[C@@H](NC(=O)C[NH+]1CCCCCCC1)c1ccc(Br)cc1. The summed E-state index contributed by atoms with van der Waals surface area (Å²) in [6.45, 7) is 4.94. The van der Waals surface area contributed by atoms with Gasteiger partial charge in [0.15, 0.2) is 6.54 Å². The minimum atomic E-state index is 0.0692. The molecule has 4 heteroatoms. The molecule has 1 aromatic carbocycles. The Balaban J connectivity index is 1.81. The molecular weight excluding hydrogens is 328 g/mol. The molecule has 116 valence electrons. The number of quaternary nitrogens is 1. The molecule has 2 rings (SSSR count). The summed E-state index contributed by atoms with van der Waals surface area (Å²) in [5.41, 5.74) is 1.15. The van der Waals surface area contributed by atoms with E-state index < -0.39 is 0 Å². The summed E-state index contributed by atoms with van der Waals surface area (Å²) in [5.74, 6) is 0.168. The van der Waals surface area contributed by atoms with Gasteiger partial charge in [-0.25, -0.2) is 0 Å². The Kier molecular flexibility index (Phi) is 6.71. The molecule has 0 bridgehead atoms. The molecule has 0 spiro atoms. The highest BCUT2D eigenvalue weighted by atomic mass is 79.9. The zero-order valence-electron chi connectivity index (χ0n) is 12.8. The summed E-state index contributed by atoms with van der Waals surface area (Å²) in [7, 11) is 0. The van der Waals surface area contributed by atoms with Gasteiger partial charge in [-0.3, -0.25) is 4.79 Å². The molecule has 0 unspecified atom stereocenters. The van der Waals surface area contributed by atoms with Gasteiger partial charge in [-0.05, 0) is 50.3 Å². The quantitative estimate of drug-likeness (QED) is 0.856. The molecule has 0 aliphatic carbocycles. The maximum Gasteiger partial charge on any atom is 0.275 e. The third kappa shape index (κ3) is 5.79. The van der Waals surface area contributed by atoms with Gasteiger partial charge in [0.05, 0.1) is 19.1 Å². The van der Waals surface area contributed by atoms with Gasteiger partial charge >= 0.3 is 0 Å². The van der Waals surface area contributed by atoms with Crippen LogP contribution in [-0.4, -0.2) is 25.5 Å². The first-order valence-electron chi connectivity index (χ1n) is 8.03. The lowest BCUT2D eigenvalue weighted by Crippen LogP contribution is -3.13. The Hall–Kier alpha value is -0.870. The molecule has 1 saturated heterocycles. The zero-order chi connectivity index (χ0) is 15.1. The Bertz CT molecular complexity index is 439. The average Bonchev–Trinajstić information content (AvgIpc) is 2.42. The molecule has 0 saturated carbocycles. The van der Waals surface area contributed by atoms with Crippen molar-refractivity contribution in [3.63, 3.8) is 0 Å². The number of nitrogens with one attached hydrogen (secondary N) is 2. The highest BCUT2D eigenvalue weighted by Crippen LogP contribution is 2.16. The lowest BCUT2D eigenvalue weighted by Gasteiger charge is -2.22. The summed E-state index contributed by atoms with van der Waals surface area (Å²) in [6, 6.07) is 8.21. The van der Waals surface area contributed by atoms with E-state index in [0.717, 1.165) is 23.1 Å². The van der Waals surface area contributed by atoms with Crippen LogP contribution < -0.4 is 10.2 Å². The van der Waals surface area contributed by atoms with Gasteiger partial charge in [-0.2, -0.15) is 0 Å². The second-order valence-corrected chi connectivity index (χ2v) is 6.95. The average molecular weight is 354 g/mol. The third-order valence-corrected chi connectivity index (χ3v) is 4.75. The van der Waals surface area contributed by atoms with Gasteiger partial charge in [-0.15, -0.1) is 0 Å². The highest BCUT2D eigenvalue weighted by Gasteiger charge is 2.17. The number of carbonyl (C=O) groups excluding carboxylic acids is 1. The monoisotopic (exact) mass is 353 g/mol. The summed E-state index contributed by atoms with van der Waals surface area (Å²) >= 11 is 3.43. The Morgan fingerprint density at radius 2 is 1.71 bits per heavy atom. The molecule has 0 aromatic heterocycles. The fourth-order valence-corrected chi connectivity index (χ4v) is 3.20. The number of halogens is 1. The molecule has 1 aromatic rings. The van der Waals surface area contributed by atoms with E-state index in [0.29, 0.717) is 6.54 Å². The van der Waals surface area contributed by atoms with Gasteiger partial charge in [0.25, 0.3) is 5.91 Å². The maximum absolute atomic E-state index is 12.2. The van der Waals surface area contributed by atoms with Crippen LogP contribution in [0.1, 0.15) is 50.6 Å². The molecule has 2 N–H and O–H groups in total. The van der Waals surface area contributed by atoms with Crippen molar-refractivity contribution in [2.75, 3.05) is 19.6 Å². The second-order valence-electron chi connectivity index (χ2n) is 6.04. The summed E-state index contributed by atoms with van der Waals surface area (Å²) in [6.07, 6.45) is 6.51. The number of hydrogen-bond acceptors (Lipinski definition) is 1. The molecule has 1 atom stereocenters. The number of amides is 1. The smallest absolute Gasteiger partial charge is 0.275 e. The summed E-state index contributed by atoms with van der Waals surface area (Å²) < 4.78 is 1.06. The second kappa shape index (κ2) is 8.54. The molecule has 1 aliphatic heterocycles. The van der Waals surface area contributed by atoms with E-state index in [-0.39, 0.29) is 11.9 Å². The molecule has 0 radical (unpaired) electrons. The van der Waals surface area contributed by atoms with Gasteiger partial charge in [0, 0.05) is 4.47 Å². The van der Waals surface area contributed by atoms with Gasteiger partial charge in [-0.1, -0.05) is 34.5 Å². The normalized spacial score (nSPS) is 18.6. The van der Waals surface area contributed by atoms with Crippen LogP contribution >= 0.6 is 15.9 Å². The lowest BCUT2D eigenvalue weighted by molar-refractivity contribution is -0.893. The molecule has 21 heavy (non-hydrogen) atoms. The highest BCUT2D eigenvalue weighted by molar-refractivity contribution is 9.10. The minimum Gasteiger partial charge on any atom is -0.345 e. The largest absolute Gasteiger partial charge is 0.345 e. The van der Waals surface area contributed by atoms with Gasteiger partial charge in [0.2, 0.25) is 0 Å². The van der Waals surface area contributed by atoms with Crippen molar-refractivity contribution in [3.05, 3.63) is 34.3 Å². The van der Waals surface area contributed by atoms with Crippen LogP contribution in [0.3, 0.4) is 0 Å². The molecule has 1 fully saturated rings. The van der Waals surface area contributed by atoms with E-state index in [2.05, 4.69) is 33.4 Å². The van der Waals surface area contributed by atoms with E-state index >= 15 is 0 Å². The molecule has 1 aliphatic rings. The van der Waals surface area contributed by atoms with Crippen LogP contribution in [0.25, 0.3) is 0 Å². The van der Waals surface area contributed by atoms with Gasteiger partial charge in [0.1, 0.15) is 0 Å². The van der Waals surface area contributed by atoms with E-state index in [1.807, 2.05) is 19.1 Å². The minimum absolute atomic E-state index is 0.0692. The molecule has 1 amide bonds. The standard InChI is InChI=1S/C17H25BrN2O/c1-14(15-7-9-16(18)10-8-15)19-17(21)13-20-11-5-3-2-4-6-12-20/h7-10,14H,2-6,11-13H2,1H3,(H,19,21)/p+1/t14-/m1/s1. The first-order valence-corrected chi connectivity index (χ1v) is 8.83. The molecular formula is C17H26BrN2O+. The van der Waals surface area contributed by atoms with Crippen molar-refractivity contribution >= 4 is 21.8 Å². The van der Waals surface area contributed by atoms with Crippen molar-refractivity contribution in [1.82, 2.24) is 5.32 Å². The summed E-state index contributed by atoms with van der Waals surface area (Å²) in [4.78, 5) is 13.7.